The van der Waals surface area contributed by atoms with E-state index >= 15 is 4.39 Å². The molecule has 1 aromatic heterocycles. The molecule has 5 rings (SSSR count). The van der Waals surface area contributed by atoms with Gasteiger partial charge in [0.05, 0.1) is 34.6 Å². The second kappa shape index (κ2) is 7.51. The molecule has 2 aliphatic heterocycles. The highest BCUT2D eigenvalue weighted by Gasteiger charge is 2.48. The van der Waals surface area contributed by atoms with Gasteiger partial charge in [0.25, 0.3) is 0 Å². The van der Waals surface area contributed by atoms with E-state index in [1.807, 2.05) is 4.90 Å². The number of carboxylic acids is 1. The van der Waals surface area contributed by atoms with E-state index in [0.29, 0.717) is 24.3 Å². The summed E-state index contributed by atoms with van der Waals surface area (Å²) in [4.78, 5) is 27.0. The van der Waals surface area contributed by atoms with E-state index in [2.05, 4.69) is 5.32 Å². The van der Waals surface area contributed by atoms with Crippen LogP contribution in [0.5, 0.6) is 0 Å². The number of nitrogens with zero attached hydrogens (tertiary/aromatic N) is 2. The number of nitrogen functional groups attached to an aromatic ring is 1. The van der Waals surface area contributed by atoms with Crippen molar-refractivity contribution in [3.63, 3.8) is 0 Å². The van der Waals surface area contributed by atoms with Crippen LogP contribution in [0.2, 0.25) is 0 Å². The van der Waals surface area contributed by atoms with Crippen molar-refractivity contribution < 1.29 is 23.8 Å². The number of aliphatic hydroxyl groups excluding tert-OH is 1. The molecule has 0 unspecified atom stereocenters. The van der Waals surface area contributed by atoms with Crippen molar-refractivity contribution in [2.24, 2.45) is 5.41 Å². The Kier molecular flexibility index (Phi) is 4.92. The highest BCUT2D eigenvalue weighted by Crippen LogP contribution is 2.43. The van der Waals surface area contributed by atoms with Gasteiger partial charge in [-0.1, -0.05) is 0 Å². The van der Waals surface area contributed by atoms with Crippen molar-refractivity contribution in [3.8, 4) is 5.69 Å². The maximum atomic E-state index is 15.7. The Morgan fingerprint density at radius 1 is 1.21 bits per heavy atom. The Hall–Kier alpha value is -3.50. The van der Waals surface area contributed by atoms with E-state index in [1.54, 1.807) is 6.92 Å². The largest absolute Gasteiger partial charge is 0.477 e. The maximum Gasteiger partial charge on any atom is 0.341 e. The number of nitrogens with one attached hydrogen (secondary N) is 1. The first-order valence-corrected chi connectivity index (χ1v) is 10.8. The fourth-order valence-electron chi connectivity index (χ4n) is 5.21. The van der Waals surface area contributed by atoms with Gasteiger partial charge >= 0.3 is 5.97 Å². The number of pyridine rings is 1. The first-order valence-electron chi connectivity index (χ1n) is 10.8. The first kappa shape index (κ1) is 22.3. The minimum Gasteiger partial charge on any atom is -0.477 e. The fourth-order valence-corrected chi connectivity index (χ4v) is 5.21. The molecule has 34 heavy (non-hydrogen) atoms. The molecule has 2 fully saturated rings. The smallest absolute Gasteiger partial charge is 0.341 e. The molecular weight excluding hydrogens is 446 g/mol. The number of hydrogen-bond acceptors (Lipinski definition) is 6. The van der Waals surface area contributed by atoms with E-state index < -0.39 is 35.2 Å². The Morgan fingerprint density at radius 3 is 2.44 bits per heavy atom. The third-order valence-electron chi connectivity index (χ3n) is 7.06. The Morgan fingerprint density at radius 2 is 1.88 bits per heavy atom. The van der Waals surface area contributed by atoms with Gasteiger partial charge in [-0.2, -0.15) is 0 Å². The van der Waals surface area contributed by atoms with Crippen molar-refractivity contribution >= 4 is 28.2 Å². The fraction of sp³-hybridized carbons (Fsp3) is 0.333. The summed E-state index contributed by atoms with van der Waals surface area (Å²) in [5.74, 6) is -2.79. The summed E-state index contributed by atoms with van der Waals surface area (Å²) >= 11 is 0. The average Bonchev–Trinajstić information content (AvgIpc) is 2.73. The van der Waals surface area contributed by atoms with Crippen LogP contribution >= 0.6 is 0 Å². The quantitative estimate of drug-likeness (QED) is 0.431. The number of aromatic carboxylic acids is 1. The molecule has 0 saturated carbocycles. The molecule has 2 aliphatic rings. The number of aromatic nitrogens is 1. The van der Waals surface area contributed by atoms with E-state index in [1.165, 1.54) is 17.6 Å². The lowest BCUT2D eigenvalue weighted by atomic mass is 9.74. The number of fused-ring (bicyclic) bond motifs is 1. The van der Waals surface area contributed by atoms with Crippen molar-refractivity contribution in [2.75, 3.05) is 36.8 Å². The monoisotopic (exact) mass is 470 g/mol. The second-order valence-electron chi connectivity index (χ2n) is 9.30. The predicted octanol–water partition coefficient (Wildman–Crippen LogP) is 2.07. The van der Waals surface area contributed by atoms with Crippen LogP contribution in [0.1, 0.15) is 27.0 Å². The van der Waals surface area contributed by atoms with Gasteiger partial charge < -0.3 is 30.7 Å². The van der Waals surface area contributed by atoms with E-state index in [4.69, 9.17) is 5.73 Å². The van der Waals surface area contributed by atoms with Crippen molar-refractivity contribution in [2.45, 2.75) is 20.5 Å². The van der Waals surface area contributed by atoms with Gasteiger partial charge in [-0.15, -0.1) is 0 Å². The Bertz CT molecular complexity index is 1440. The lowest BCUT2D eigenvalue weighted by Crippen LogP contribution is -2.71. The van der Waals surface area contributed by atoms with Crippen LogP contribution in [0.25, 0.3) is 16.6 Å². The van der Waals surface area contributed by atoms with Crippen LogP contribution in [0.4, 0.5) is 20.2 Å². The molecule has 2 aromatic carbocycles. The number of aliphatic hydroxyl groups is 1. The first-order chi connectivity index (χ1) is 16.1. The van der Waals surface area contributed by atoms with Crippen molar-refractivity contribution in [3.05, 3.63) is 62.4 Å². The number of carboxylic acid groups (broad SMARTS) is 1. The number of hydrogen-bond donors (Lipinski definition) is 4. The molecule has 10 heteroatoms. The SMILES string of the molecule is Cc1c(F)c(N2CC3(CNC3)C2)c(C)c2c1c(=O)c(C(=O)O)cn2-c1cc(N)c(F)cc1CO. The van der Waals surface area contributed by atoms with Crippen LogP contribution in [0, 0.1) is 30.9 Å². The highest BCUT2D eigenvalue weighted by molar-refractivity contribution is 5.98. The predicted molar refractivity (Wildman–Crippen MR) is 124 cm³/mol. The topological polar surface area (TPSA) is 121 Å². The Balaban J connectivity index is 1.87. The lowest BCUT2D eigenvalue weighted by Gasteiger charge is -2.57. The molecule has 0 bridgehead atoms. The summed E-state index contributed by atoms with van der Waals surface area (Å²) in [6, 6.07) is 2.33. The maximum absolute atomic E-state index is 15.7. The van der Waals surface area contributed by atoms with Gasteiger partial charge in [0.1, 0.15) is 11.4 Å². The zero-order valence-corrected chi connectivity index (χ0v) is 18.7. The molecule has 3 aromatic rings. The molecule has 178 valence electrons. The standard InChI is InChI=1S/C24H24F2N4O4/c1-11-18-20(12(2)21(19(11)26)29-9-24(10-29)7-28-8-24)30(5-14(22(18)32)23(33)34)17-4-16(27)15(25)3-13(17)6-31/h3-5,28,31H,6-10,27H2,1-2H3,(H,33,34). The number of benzene rings is 2. The van der Waals surface area contributed by atoms with E-state index in [9.17, 15) is 24.2 Å². The highest BCUT2D eigenvalue weighted by atomic mass is 19.1. The van der Waals surface area contributed by atoms with Crippen LogP contribution in [0.3, 0.4) is 0 Å². The number of rotatable bonds is 4. The van der Waals surface area contributed by atoms with Gasteiger partial charge in [-0.05, 0) is 26.0 Å². The zero-order valence-electron chi connectivity index (χ0n) is 18.7. The Labute approximate surface area is 193 Å². The molecule has 0 amide bonds. The number of anilines is 2. The van der Waals surface area contributed by atoms with Gasteiger partial charge in [0, 0.05) is 54.5 Å². The molecule has 2 saturated heterocycles. The van der Waals surface area contributed by atoms with Gasteiger partial charge in [-0.3, -0.25) is 4.79 Å². The minimum absolute atomic E-state index is 0.0331. The van der Waals surface area contributed by atoms with Crippen LogP contribution < -0.4 is 21.4 Å². The van der Waals surface area contributed by atoms with Crippen LogP contribution in [-0.2, 0) is 6.61 Å². The summed E-state index contributed by atoms with van der Waals surface area (Å²) in [5.41, 5.74) is 5.76. The third kappa shape index (κ3) is 3.02. The van der Waals surface area contributed by atoms with Crippen LogP contribution in [0.15, 0.2) is 23.1 Å². The average molecular weight is 470 g/mol. The van der Waals surface area contributed by atoms with Crippen LogP contribution in [-0.4, -0.2) is 46.9 Å². The molecule has 1 spiro atoms. The number of nitrogens with two attached hydrogens (primary N) is 1. The summed E-state index contributed by atoms with van der Waals surface area (Å²) in [6.45, 7) is 5.60. The molecule has 0 atom stereocenters. The molecule has 8 nitrogen and oxygen atoms in total. The zero-order chi connectivity index (χ0) is 24.5. The second-order valence-corrected chi connectivity index (χ2v) is 9.30. The number of halogens is 2. The molecule has 0 aliphatic carbocycles. The minimum atomic E-state index is -1.48. The number of aryl methyl sites for hydroxylation is 2. The summed E-state index contributed by atoms with van der Waals surface area (Å²) in [5, 5.41) is 22.7. The lowest BCUT2D eigenvalue weighted by molar-refractivity contribution is 0.0695. The van der Waals surface area contributed by atoms with E-state index in [-0.39, 0.29) is 38.8 Å². The molecule has 0 radical (unpaired) electrons. The summed E-state index contributed by atoms with van der Waals surface area (Å²) < 4.78 is 31.2. The van der Waals surface area contributed by atoms with Gasteiger partial charge in [-0.25, -0.2) is 13.6 Å². The van der Waals surface area contributed by atoms with Gasteiger partial charge in [0.2, 0.25) is 5.43 Å². The van der Waals surface area contributed by atoms with Crippen molar-refractivity contribution in [1.82, 2.24) is 9.88 Å². The third-order valence-corrected chi connectivity index (χ3v) is 7.06. The number of carbonyl (C=O) groups is 1. The summed E-state index contributed by atoms with van der Waals surface area (Å²) in [6.07, 6.45) is 1.13. The molecule has 3 heterocycles. The van der Waals surface area contributed by atoms with Gasteiger partial charge in [0.15, 0.2) is 5.82 Å². The van der Waals surface area contributed by atoms with Crippen molar-refractivity contribution in [1.29, 1.82) is 0 Å². The molecule has 5 N–H and O–H groups in total. The normalized spacial score (nSPS) is 16.6. The van der Waals surface area contributed by atoms with E-state index in [0.717, 1.165) is 25.4 Å². The summed E-state index contributed by atoms with van der Waals surface area (Å²) in [7, 11) is 0. The molecular formula is C24H24F2N4O4.